The number of benzene rings is 2. The zero-order chi connectivity index (χ0) is 29.7. The van der Waals surface area contributed by atoms with Gasteiger partial charge in [-0.3, -0.25) is 14.4 Å². The molecule has 0 spiro atoms. The van der Waals surface area contributed by atoms with E-state index in [1.807, 2.05) is 26.0 Å². The predicted octanol–water partition coefficient (Wildman–Crippen LogP) is 4.08. The van der Waals surface area contributed by atoms with Crippen LogP contribution in [0.1, 0.15) is 64.0 Å². The van der Waals surface area contributed by atoms with Crippen molar-refractivity contribution in [3.63, 3.8) is 0 Å². The number of hydrogen-bond donors (Lipinski definition) is 2. The molecule has 0 saturated heterocycles. The number of hydrogen-bond acceptors (Lipinski definition) is 5. The molecule has 1 fully saturated rings. The Hall–Kier alpha value is -3.98. The van der Waals surface area contributed by atoms with Crippen molar-refractivity contribution in [3.8, 4) is 0 Å². The summed E-state index contributed by atoms with van der Waals surface area (Å²) >= 11 is 0. The van der Waals surface area contributed by atoms with Crippen molar-refractivity contribution in [2.24, 2.45) is 11.8 Å². The Labute approximate surface area is 241 Å². The Bertz CT molecular complexity index is 1270. The minimum Gasteiger partial charge on any atom is -0.479 e. The molecule has 0 radical (unpaired) electrons. The van der Waals surface area contributed by atoms with E-state index >= 15 is 0 Å². The molecule has 2 aromatic carbocycles. The van der Waals surface area contributed by atoms with Gasteiger partial charge in [-0.05, 0) is 30.7 Å². The Morgan fingerprint density at radius 1 is 0.951 bits per heavy atom. The summed E-state index contributed by atoms with van der Waals surface area (Å²) in [6.45, 7) is 4.93. The van der Waals surface area contributed by atoms with Gasteiger partial charge in [0.1, 0.15) is 6.04 Å². The molecular weight excluding hydrogens is 522 g/mol. The first kappa shape index (κ1) is 30.0. The van der Waals surface area contributed by atoms with E-state index in [9.17, 15) is 29.4 Å². The van der Waals surface area contributed by atoms with E-state index in [2.05, 4.69) is 0 Å². The highest BCUT2D eigenvalue weighted by molar-refractivity contribution is 5.99. The number of amides is 3. The van der Waals surface area contributed by atoms with Crippen molar-refractivity contribution in [1.82, 2.24) is 14.9 Å². The Kier molecular flexibility index (Phi) is 9.60. The van der Waals surface area contributed by atoms with E-state index in [-0.39, 0.29) is 29.9 Å². The smallest absolute Gasteiger partial charge is 0.334 e. The summed E-state index contributed by atoms with van der Waals surface area (Å²) in [5.74, 6) is -3.28. The van der Waals surface area contributed by atoms with Crippen molar-refractivity contribution in [1.29, 1.82) is 0 Å². The number of carbonyl (C=O) groups excluding carboxylic acids is 3. The zero-order valence-electron chi connectivity index (χ0n) is 23.8. The van der Waals surface area contributed by atoms with E-state index in [1.165, 1.54) is 16.8 Å². The lowest BCUT2D eigenvalue weighted by atomic mass is 9.87. The van der Waals surface area contributed by atoms with Gasteiger partial charge in [-0.15, -0.1) is 0 Å². The van der Waals surface area contributed by atoms with Crippen LogP contribution < -0.4 is 0 Å². The van der Waals surface area contributed by atoms with Crippen LogP contribution in [0.5, 0.6) is 0 Å². The third kappa shape index (κ3) is 6.51. The molecule has 2 aliphatic rings. The summed E-state index contributed by atoms with van der Waals surface area (Å²) in [6.07, 6.45) is 4.14. The van der Waals surface area contributed by atoms with Gasteiger partial charge in [-0.25, -0.2) is 14.8 Å². The first-order valence-electron chi connectivity index (χ1n) is 14.3. The number of carbonyl (C=O) groups is 4. The highest BCUT2D eigenvalue weighted by Crippen LogP contribution is 2.36. The molecule has 1 aliphatic carbocycles. The zero-order valence-corrected chi connectivity index (χ0v) is 23.8. The van der Waals surface area contributed by atoms with E-state index in [4.69, 9.17) is 0 Å². The molecular formula is C32H39N3O6. The maximum atomic E-state index is 14.5. The van der Waals surface area contributed by atoms with Gasteiger partial charge in [0.05, 0.1) is 11.7 Å². The van der Waals surface area contributed by atoms with E-state index < -0.39 is 36.0 Å². The van der Waals surface area contributed by atoms with Crippen LogP contribution in [0.4, 0.5) is 0 Å². The summed E-state index contributed by atoms with van der Waals surface area (Å²) < 4.78 is 0. The van der Waals surface area contributed by atoms with Crippen LogP contribution in [0.25, 0.3) is 5.70 Å². The average molecular weight is 562 g/mol. The molecule has 1 aliphatic heterocycles. The quantitative estimate of drug-likeness (QED) is 0.476. The lowest BCUT2D eigenvalue weighted by Crippen LogP contribution is -2.65. The maximum absolute atomic E-state index is 14.5. The first-order valence-corrected chi connectivity index (χ1v) is 14.3. The summed E-state index contributed by atoms with van der Waals surface area (Å²) in [5, 5.41) is 23.0. The van der Waals surface area contributed by atoms with Gasteiger partial charge in [-0.2, -0.15) is 0 Å². The predicted molar refractivity (Wildman–Crippen MR) is 153 cm³/mol. The highest BCUT2D eigenvalue weighted by Gasteiger charge is 2.47. The van der Waals surface area contributed by atoms with E-state index in [0.717, 1.165) is 37.1 Å². The SMILES string of the molecule is CC(=O)N([C@@H](Cc1ccccc1)C(O)C(=O)O)N1C(=O)C(C(C)C)N(C(=O)C2CCCCC2)C=C1c1ccccc1. The van der Waals surface area contributed by atoms with Crippen molar-refractivity contribution in [3.05, 3.63) is 78.0 Å². The third-order valence-electron chi connectivity index (χ3n) is 7.92. The number of hydrazine groups is 1. The fraction of sp³-hybridized carbons (Fsp3) is 0.438. The molecule has 4 rings (SSSR count). The van der Waals surface area contributed by atoms with Crippen LogP contribution in [-0.4, -0.2) is 67.0 Å². The fourth-order valence-corrected chi connectivity index (χ4v) is 5.90. The Morgan fingerprint density at radius 2 is 1.54 bits per heavy atom. The minimum absolute atomic E-state index is 0.0171. The molecule has 1 saturated carbocycles. The lowest BCUT2D eigenvalue weighted by Gasteiger charge is -2.48. The van der Waals surface area contributed by atoms with Gasteiger partial charge in [0.2, 0.25) is 11.8 Å². The van der Waals surface area contributed by atoms with Crippen molar-refractivity contribution in [2.75, 3.05) is 0 Å². The van der Waals surface area contributed by atoms with Crippen LogP contribution in [-0.2, 0) is 25.6 Å². The monoisotopic (exact) mass is 561 g/mol. The summed E-state index contributed by atoms with van der Waals surface area (Å²) in [7, 11) is 0. The van der Waals surface area contributed by atoms with Gasteiger partial charge in [0, 0.05) is 24.6 Å². The molecule has 218 valence electrons. The number of carboxylic acid groups (broad SMARTS) is 1. The third-order valence-corrected chi connectivity index (χ3v) is 7.92. The minimum atomic E-state index is -1.98. The summed E-state index contributed by atoms with van der Waals surface area (Å²) in [6, 6.07) is 15.6. The van der Waals surface area contributed by atoms with E-state index in [0.29, 0.717) is 11.1 Å². The topological polar surface area (TPSA) is 118 Å². The fourth-order valence-electron chi connectivity index (χ4n) is 5.90. The van der Waals surface area contributed by atoms with Gasteiger partial charge in [0.25, 0.3) is 5.91 Å². The van der Waals surface area contributed by atoms with Crippen LogP contribution in [0.15, 0.2) is 66.9 Å². The maximum Gasteiger partial charge on any atom is 0.334 e. The highest BCUT2D eigenvalue weighted by atomic mass is 16.4. The second-order valence-corrected chi connectivity index (χ2v) is 11.2. The van der Waals surface area contributed by atoms with Crippen molar-refractivity contribution < 1.29 is 29.4 Å². The molecule has 9 nitrogen and oxygen atoms in total. The molecule has 2 aromatic rings. The second kappa shape index (κ2) is 13.1. The van der Waals surface area contributed by atoms with E-state index in [1.54, 1.807) is 54.7 Å². The number of aliphatic hydroxyl groups excluding tert-OH is 1. The lowest BCUT2D eigenvalue weighted by molar-refractivity contribution is -0.175. The number of aliphatic carboxylic acids is 1. The van der Waals surface area contributed by atoms with Gasteiger partial charge >= 0.3 is 5.97 Å². The molecule has 41 heavy (non-hydrogen) atoms. The molecule has 2 N–H and O–H groups in total. The van der Waals surface area contributed by atoms with Crippen LogP contribution in [0, 0.1) is 11.8 Å². The molecule has 9 heteroatoms. The van der Waals surface area contributed by atoms with Crippen LogP contribution in [0.3, 0.4) is 0 Å². The molecule has 0 bridgehead atoms. The van der Waals surface area contributed by atoms with Crippen LogP contribution >= 0.6 is 0 Å². The number of aliphatic hydroxyl groups is 1. The standard InChI is InChI=1S/C32H39N3O6/c1-21(2)28-31(39)35(34(22(3)36)26(29(37)32(40)41)19-23-13-7-4-8-14-23)27(24-15-9-5-10-16-24)20-33(28)30(38)25-17-11-6-12-18-25/h4-5,7-10,13-16,20-21,25-26,28-29,37H,6,11-12,17-19H2,1-3H3,(H,40,41)/t26-,28?,29?/m0/s1. The number of carboxylic acids is 1. The largest absolute Gasteiger partial charge is 0.479 e. The normalized spacial score (nSPS) is 19.5. The molecule has 3 atom stereocenters. The summed E-state index contributed by atoms with van der Waals surface area (Å²) in [5.41, 5.74) is 1.52. The molecule has 1 heterocycles. The first-order chi connectivity index (χ1) is 19.6. The Morgan fingerprint density at radius 3 is 2.07 bits per heavy atom. The Balaban J connectivity index is 1.89. The van der Waals surface area contributed by atoms with Gasteiger partial charge < -0.3 is 15.1 Å². The molecule has 3 amide bonds. The molecule has 2 unspecified atom stereocenters. The van der Waals surface area contributed by atoms with Crippen molar-refractivity contribution in [2.45, 2.75) is 77.5 Å². The number of nitrogens with zero attached hydrogens (tertiary/aromatic N) is 3. The molecule has 0 aromatic heterocycles. The van der Waals surface area contributed by atoms with Crippen LogP contribution in [0.2, 0.25) is 0 Å². The van der Waals surface area contributed by atoms with Gasteiger partial charge in [0.15, 0.2) is 6.10 Å². The second-order valence-electron chi connectivity index (χ2n) is 11.2. The van der Waals surface area contributed by atoms with Gasteiger partial charge in [-0.1, -0.05) is 93.8 Å². The average Bonchev–Trinajstić information content (AvgIpc) is 2.97. The van der Waals surface area contributed by atoms with Crippen molar-refractivity contribution >= 4 is 29.4 Å². The summed E-state index contributed by atoms with van der Waals surface area (Å²) in [4.78, 5) is 55.4. The number of rotatable bonds is 9.